The Labute approximate surface area is 151 Å². The quantitative estimate of drug-likeness (QED) is 0.655. The molecule has 1 atom stereocenters. The molecule has 26 heavy (non-hydrogen) atoms. The van der Waals surface area contributed by atoms with Crippen LogP contribution < -0.4 is 15.4 Å². The molecule has 1 saturated heterocycles. The van der Waals surface area contributed by atoms with Crippen LogP contribution in [-0.4, -0.2) is 54.0 Å². The van der Waals surface area contributed by atoms with Crippen molar-refractivity contribution in [2.75, 3.05) is 39.4 Å². The zero-order chi connectivity index (χ0) is 17.9. The third-order valence-corrected chi connectivity index (χ3v) is 4.56. The fraction of sp³-hybridized carbons (Fsp3) is 0.389. The minimum absolute atomic E-state index is 0.183. The molecular formula is C18H22N6O2. The normalized spacial score (nSPS) is 16.9. The van der Waals surface area contributed by atoms with E-state index < -0.39 is 0 Å². The number of methoxy groups -OCH3 is 1. The summed E-state index contributed by atoms with van der Waals surface area (Å²) in [6, 6.07) is 10.1. The van der Waals surface area contributed by atoms with Gasteiger partial charge in [0.15, 0.2) is 18.1 Å². The van der Waals surface area contributed by atoms with Crippen molar-refractivity contribution in [2.24, 2.45) is 0 Å². The number of benzene rings is 1. The number of aromatic nitrogens is 4. The lowest BCUT2D eigenvalue weighted by Gasteiger charge is -2.12. The average molecular weight is 354 g/mol. The second kappa shape index (κ2) is 7.27. The van der Waals surface area contributed by atoms with Gasteiger partial charge < -0.3 is 20.1 Å². The van der Waals surface area contributed by atoms with E-state index in [2.05, 4.69) is 25.5 Å². The summed E-state index contributed by atoms with van der Waals surface area (Å²) in [4.78, 5) is 0. The van der Waals surface area contributed by atoms with E-state index in [9.17, 15) is 0 Å². The van der Waals surface area contributed by atoms with Crippen LogP contribution >= 0.6 is 0 Å². The standard InChI is InChI=1S/C18H22N6O2/c1-19-18-17-15(24(23-18)12-7-8-20-10-12)9-14(21-22-17)13-5-3-4-6-16(13)26-11-25-2/h3-6,9,12,20H,7-8,10-11H2,1-2H3,(H,19,23). The predicted octanol–water partition coefficient (Wildman–Crippen LogP) is 2.05. The molecule has 3 aromatic rings. The third-order valence-electron chi connectivity index (χ3n) is 4.56. The number of anilines is 1. The molecule has 1 aromatic carbocycles. The zero-order valence-corrected chi connectivity index (χ0v) is 14.9. The van der Waals surface area contributed by atoms with Gasteiger partial charge in [0.25, 0.3) is 0 Å². The Morgan fingerprint density at radius 1 is 1.31 bits per heavy atom. The van der Waals surface area contributed by atoms with E-state index in [1.54, 1.807) is 7.11 Å². The molecule has 2 N–H and O–H groups in total. The fourth-order valence-corrected chi connectivity index (χ4v) is 3.29. The van der Waals surface area contributed by atoms with E-state index >= 15 is 0 Å². The molecule has 1 fully saturated rings. The Balaban J connectivity index is 1.81. The van der Waals surface area contributed by atoms with Gasteiger partial charge in [0.05, 0.1) is 17.3 Å². The van der Waals surface area contributed by atoms with Gasteiger partial charge in [0.2, 0.25) is 0 Å². The van der Waals surface area contributed by atoms with Crippen molar-refractivity contribution in [3.63, 3.8) is 0 Å². The van der Waals surface area contributed by atoms with Crippen molar-refractivity contribution in [3.05, 3.63) is 30.3 Å². The van der Waals surface area contributed by atoms with Gasteiger partial charge in [-0.15, -0.1) is 10.2 Å². The second-order valence-corrected chi connectivity index (χ2v) is 6.20. The SMILES string of the molecule is CNc1nn(C2CCNC2)c2cc(-c3ccccc3OCOC)nnc12. The number of rotatable bonds is 6. The molecule has 1 aliphatic heterocycles. The number of para-hydroxylation sites is 1. The smallest absolute Gasteiger partial charge is 0.188 e. The maximum absolute atomic E-state index is 5.67. The minimum Gasteiger partial charge on any atom is -0.467 e. The van der Waals surface area contributed by atoms with Gasteiger partial charge in [-0.1, -0.05) is 12.1 Å². The molecule has 0 saturated carbocycles. The largest absolute Gasteiger partial charge is 0.467 e. The summed E-state index contributed by atoms with van der Waals surface area (Å²) in [6.07, 6.45) is 1.05. The zero-order valence-electron chi connectivity index (χ0n) is 14.9. The maximum Gasteiger partial charge on any atom is 0.188 e. The second-order valence-electron chi connectivity index (χ2n) is 6.20. The van der Waals surface area contributed by atoms with Gasteiger partial charge >= 0.3 is 0 Å². The van der Waals surface area contributed by atoms with E-state index in [4.69, 9.17) is 14.6 Å². The molecule has 3 heterocycles. The molecule has 0 aliphatic carbocycles. The fourth-order valence-electron chi connectivity index (χ4n) is 3.29. The van der Waals surface area contributed by atoms with Crippen LogP contribution in [0.3, 0.4) is 0 Å². The Hall–Kier alpha value is -2.71. The highest BCUT2D eigenvalue weighted by Gasteiger charge is 2.23. The number of hydrogen-bond donors (Lipinski definition) is 2. The number of ether oxygens (including phenoxy) is 2. The Bertz CT molecular complexity index is 904. The lowest BCUT2D eigenvalue weighted by molar-refractivity contribution is 0.0515. The van der Waals surface area contributed by atoms with E-state index in [1.165, 1.54) is 0 Å². The van der Waals surface area contributed by atoms with E-state index in [-0.39, 0.29) is 6.79 Å². The van der Waals surface area contributed by atoms with Crippen molar-refractivity contribution in [1.82, 2.24) is 25.3 Å². The van der Waals surface area contributed by atoms with Gasteiger partial charge in [0, 0.05) is 26.3 Å². The Morgan fingerprint density at radius 2 is 2.19 bits per heavy atom. The lowest BCUT2D eigenvalue weighted by atomic mass is 10.1. The first kappa shape index (κ1) is 16.7. The van der Waals surface area contributed by atoms with E-state index in [1.807, 2.05) is 37.4 Å². The Kier molecular flexibility index (Phi) is 4.68. The first-order chi connectivity index (χ1) is 12.8. The molecule has 8 nitrogen and oxygen atoms in total. The van der Waals surface area contributed by atoms with Crippen molar-refractivity contribution >= 4 is 16.9 Å². The summed E-state index contributed by atoms with van der Waals surface area (Å²) < 4.78 is 12.8. The van der Waals surface area contributed by atoms with Crippen LogP contribution in [0.15, 0.2) is 30.3 Å². The molecule has 2 aromatic heterocycles. The molecule has 136 valence electrons. The van der Waals surface area contributed by atoms with Gasteiger partial charge in [0.1, 0.15) is 5.75 Å². The van der Waals surface area contributed by atoms with Crippen LogP contribution in [-0.2, 0) is 4.74 Å². The highest BCUT2D eigenvalue weighted by molar-refractivity contribution is 5.88. The highest BCUT2D eigenvalue weighted by atomic mass is 16.7. The summed E-state index contributed by atoms with van der Waals surface area (Å²) in [5.74, 6) is 1.46. The molecule has 4 rings (SSSR count). The third kappa shape index (κ3) is 2.97. The summed E-state index contributed by atoms with van der Waals surface area (Å²) in [5.41, 5.74) is 3.37. The highest BCUT2D eigenvalue weighted by Crippen LogP contribution is 2.32. The van der Waals surface area contributed by atoms with Gasteiger partial charge in [-0.05, 0) is 31.2 Å². The van der Waals surface area contributed by atoms with E-state index in [0.717, 1.165) is 47.6 Å². The van der Waals surface area contributed by atoms with Crippen molar-refractivity contribution in [1.29, 1.82) is 0 Å². The molecule has 0 spiro atoms. The van der Waals surface area contributed by atoms with Crippen LogP contribution in [0.4, 0.5) is 5.82 Å². The van der Waals surface area contributed by atoms with Crippen molar-refractivity contribution in [3.8, 4) is 17.0 Å². The summed E-state index contributed by atoms with van der Waals surface area (Å²) in [6.45, 7) is 2.09. The van der Waals surface area contributed by atoms with Gasteiger partial charge in [-0.2, -0.15) is 5.10 Å². The topological polar surface area (TPSA) is 86.1 Å². The van der Waals surface area contributed by atoms with Crippen LogP contribution in [0, 0.1) is 0 Å². The number of nitrogens with zero attached hydrogens (tertiary/aromatic N) is 4. The monoisotopic (exact) mass is 354 g/mol. The van der Waals surface area contributed by atoms with Crippen LogP contribution in [0.1, 0.15) is 12.5 Å². The first-order valence-corrected chi connectivity index (χ1v) is 8.67. The predicted molar refractivity (Wildman–Crippen MR) is 99.3 cm³/mol. The van der Waals surface area contributed by atoms with Crippen molar-refractivity contribution < 1.29 is 9.47 Å². The average Bonchev–Trinajstić information content (AvgIpc) is 3.33. The molecule has 0 bridgehead atoms. The Morgan fingerprint density at radius 3 is 2.96 bits per heavy atom. The van der Waals surface area contributed by atoms with Crippen LogP contribution in [0.5, 0.6) is 5.75 Å². The molecule has 0 amide bonds. The summed E-state index contributed by atoms with van der Waals surface area (Å²) in [7, 11) is 3.45. The lowest BCUT2D eigenvalue weighted by Crippen LogP contribution is -2.14. The van der Waals surface area contributed by atoms with Crippen LogP contribution in [0.2, 0.25) is 0 Å². The van der Waals surface area contributed by atoms with Crippen LogP contribution in [0.25, 0.3) is 22.3 Å². The number of hydrogen-bond acceptors (Lipinski definition) is 7. The molecule has 1 unspecified atom stereocenters. The van der Waals surface area contributed by atoms with Gasteiger partial charge in [-0.25, -0.2) is 0 Å². The summed E-state index contributed by atoms with van der Waals surface area (Å²) in [5, 5.41) is 20.1. The molecule has 1 aliphatic rings. The number of fused-ring (bicyclic) bond motifs is 1. The van der Waals surface area contributed by atoms with E-state index in [0.29, 0.717) is 11.8 Å². The maximum atomic E-state index is 5.67. The molecule has 8 heteroatoms. The minimum atomic E-state index is 0.183. The summed E-state index contributed by atoms with van der Waals surface area (Å²) >= 11 is 0. The van der Waals surface area contributed by atoms with Crippen molar-refractivity contribution in [2.45, 2.75) is 12.5 Å². The van der Waals surface area contributed by atoms with Gasteiger partial charge in [-0.3, -0.25) is 4.68 Å². The first-order valence-electron chi connectivity index (χ1n) is 8.67. The number of nitrogens with one attached hydrogen (secondary N) is 2. The molecule has 0 radical (unpaired) electrons. The molecular weight excluding hydrogens is 332 g/mol.